The Balaban J connectivity index is 0.00000220. The van der Waals surface area contributed by atoms with E-state index >= 15 is 0 Å². The van der Waals surface area contributed by atoms with Crippen LogP contribution in [0.25, 0.3) is 0 Å². The fourth-order valence-corrected chi connectivity index (χ4v) is 3.01. The van der Waals surface area contributed by atoms with E-state index in [1.807, 2.05) is 0 Å². The summed E-state index contributed by atoms with van der Waals surface area (Å²) in [4.78, 5) is 14.3. The molecule has 1 N–H and O–H groups in total. The molecule has 5 nitrogen and oxygen atoms in total. The summed E-state index contributed by atoms with van der Waals surface area (Å²) in [6.07, 6.45) is 3.22. The Morgan fingerprint density at radius 2 is 1.90 bits per heavy atom. The number of benzene rings is 1. The van der Waals surface area contributed by atoms with Crippen molar-refractivity contribution in [2.75, 3.05) is 26.4 Å². The van der Waals surface area contributed by atoms with Gasteiger partial charge < -0.3 is 10.2 Å². The summed E-state index contributed by atoms with van der Waals surface area (Å²) in [6, 6.07) is 6.31. The van der Waals surface area contributed by atoms with Crippen LogP contribution in [0.5, 0.6) is 0 Å². The quantitative estimate of drug-likeness (QED) is 0.907. The van der Waals surface area contributed by atoms with Crippen LogP contribution in [0.2, 0.25) is 0 Å². The third-order valence-electron chi connectivity index (χ3n) is 3.67. The molecule has 0 spiro atoms. The van der Waals surface area contributed by atoms with Gasteiger partial charge in [-0.2, -0.15) is 0 Å². The van der Waals surface area contributed by atoms with Gasteiger partial charge in [-0.25, -0.2) is 8.42 Å². The fourth-order valence-electron chi connectivity index (χ4n) is 2.38. The van der Waals surface area contributed by atoms with Crippen LogP contribution in [-0.4, -0.2) is 51.7 Å². The minimum atomic E-state index is -3.22. The Bertz CT molecular complexity index is 581. The van der Waals surface area contributed by atoms with Gasteiger partial charge in [-0.05, 0) is 43.7 Å². The smallest absolute Gasteiger partial charge is 0.253 e. The van der Waals surface area contributed by atoms with E-state index in [1.165, 1.54) is 12.1 Å². The summed E-state index contributed by atoms with van der Waals surface area (Å²) in [5, 5.41) is 3.28. The number of amides is 1. The van der Waals surface area contributed by atoms with Gasteiger partial charge in [0.2, 0.25) is 0 Å². The van der Waals surface area contributed by atoms with E-state index in [9.17, 15) is 13.2 Å². The first-order valence-electron chi connectivity index (χ1n) is 6.67. The van der Waals surface area contributed by atoms with Gasteiger partial charge in [-0.3, -0.25) is 4.79 Å². The Labute approximate surface area is 132 Å². The van der Waals surface area contributed by atoms with E-state index in [4.69, 9.17) is 0 Å². The Morgan fingerprint density at radius 3 is 2.38 bits per heavy atom. The van der Waals surface area contributed by atoms with E-state index in [-0.39, 0.29) is 29.3 Å². The summed E-state index contributed by atoms with van der Waals surface area (Å²) in [6.45, 7) is 1.81. The van der Waals surface area contributed by atoms with E-state index in [0.29, 0.717) is 5.56 Å². The van der Waals surface area contributed by atoms with Gasteiger partial charge in [0.15, 0.2) is 9.84 Å². The average molecular weight is 333 g/mol. The van der Waals surface area contributed by atoms with Gasteiger partial charge in [0, 0.05) is 31.5 Å². The van der Waals surface area contributed by atoms with Gasteiger partial charge >= 0.3 is 0 Å². The molecule has 1 saturated heterocycles. The molecule has 0 aromatic heterocycles. The molecule has 1 fully saturated rings. The van der Waals surface area contributed by atoms with Crippen molar-refractivity contribution in [1.82, 2.24) is 10.2 Å². The number of carbonyl (C=O) groups is 1. The molecule has 118 valence electrons. The topological polar surface area (TPSA) is 66.5 Å². The van der Waals surface area contributed by atoms with Gasteiger partial charge in [-0.1, -0.05) is 0 Å². The fraction of sp³-hybridized carbons (Fsp3) is 0.500. The predicted octanol–water partition coefficient (Wildman–Crippen LogP) is 1.34. The van der Waals surface area contributed by atoms with Gasteiger partial charge in [-0.15, -0.1) is 12.4 Å². The number of nitrogens with one attached hydrogen (secondary N) is 1. The highest BCUT2D eigenvalue weighted by atomic mass is 35.5. The third-order valence-corrected chi connectivity index (χ3v) is 4.80. The van der Waals surface area contributed by atoms with Gasteiger partial charge in [0.25, 0.3) is 5.91 Å². The van der Waals surface area contributed by atoms with Crippen molar-refractivity contribution in [2.45, 2.75) is 23.8 Å². The number of rotatable bonds is 3. The lowest BCUT2D eigenvalue weighted by Gasteiger charge is -2.31. The van der Waals surface area contributed by atoms with Crippen molar-refractivity contribution in [3.05, 3.63) is 29.8 Å². The van der Waals surface area contributed by atoms with Crippen molar-refractivity contribution in [3.63, 3.8) is 0 Å². The standard InChI is InChI=1S/C14H20N2O3S.ClH/c1-16(12-4-3-9-15-10-12)14(17)11-5-7-13(8-6-11)20(2,18)19;/h5-8,12,15H,3-4,9-10H2,1-2H3;1H/t12-;/m0./s1. The van der Waals surface area contributed by atoms with Crippen molar-refractivity contribution >= 4 is 28.2 Å². The molecule has 21 heavy (non-hydrogen) atoms. The molecule has 0 radical (unpaired) electrons. The maximum absolute atomic E-state index is 12.4. The molecule has 7 heteroatoms. The molecule has 1 heterocycles. The number of nitrogens with zero attached hydrogens (tertiary/aromatic N) is 1. The van der Waals surface area contributed by atoms with Crippen LogP contribution in [0.3, 0.4) is 0 Å². The highest BCUT2D eigenvalue weighted by molar-refractivity contribution is 7.90. The lowest BCUT2D eigenvalue weighted by molar-refractivity contribution is 0.0708. The maximum Gasteiger partial charge on any atom is 0.253 e. The average Bonchev–Trinajstić information content (AvgIpc) is 2.46. The largest absolute Gasteiger partial charge is 0.337 e. The second-order valence-corrected chi connectivity index (χ2v) is 7.23. The minimum Gasteiger partial charge on any atom is -0.337 e. The SMILES string of the molecule is CN(C(=O)c1ccc(S(C)(=O)=O)cc1)[C@H]1CCCNC1.Cl. The van der Waals surface area contributed by atoms with Crippen molar-refractivity contribution in [2.24, 2.45) is 0 Å². The molecule has 1 aliphatic rings. The first kappa shape index (κ1) is 17.9. The molecule has 2 rings (SSSR count). The van der Waals surface area contributed by atoms with Crippen LogP contribution in [0.15, 0.2) is 29.2 Å². The second-order valence-electron chi connectivity index (χ2n) is 5.21. The molecule has 1 aromatic carbocycles. The minimum absolute atomic E-state index is 0. The number of halogens is 1. The van der Waals surface area contributed by atoms with E-state index in [2.05, 4.69) is 5.32 Å². The molecular weight excluding hydrogens is 312 g/mol. The van der Waals surface area contributed by atoms with Crippen LogP contribution in [0.1, 0.15) is 23.2 Å². The second kappa shape index (κ2) is 7.24. The number of piperidine rings is 1. The molecule has 1 aliphatic heterocycles. The lowest BCUT2D eigenvalue weighted by Crippen LogP contribution is -2.46. The van der Waals surface area contributed by atoms with Crippen molar-refractivity contribution < 1.29 is 13.2 Å². The zero-order valence-electron chi connectivity index (χ0n) is 12.2. The summed E-state index contributed by atoms with van der Waals surface area (Å²) in [5.41, 5.74) is 0.519. The molecule has 1 atom stereocenters. The number of hydrogen-bond donors (Lipinski definition) is 1. The van der Waals surface area contributed by atoms with Crippen LogP contribution < -0.4 is 5.32 Å². The van der Waals surface area contributed by atoms with Crippen molar-refractivity contribution in [3.8, 4) is 0 Å². The third kappa shape index (κ3) is 4.43. The molecule has 1 amide bonds. The molecule has 1 aromatic rings. The number of sulfone groups is 1. The maximum atomic E-state index is 12.4. The molecule has 0 unspecified atom stereocenters. The summed E-state index contributed by atoms with van der Waals surface area (Å²) < 4.78 is 22.8. The zero-order valence-corrected chi connectivity index (χ0v) is 13.8. The van der Waals surface area contributed by atoms with E-state index in [0.717, 1.165) is 32.2 Å². The van der Waals surface area contributed by atoms with Gasteiger partial charge in [0.1, 0.15) is 0 Å². The van der Waals surface area contributed by atoms with Crippen LogP contribution in [-0.2, 0) is 9.84 Å². The van der Waals surface area contributed by atoms with Crippen LogP contribution >= 0.6 is 12.4 Å². The Kier molecular flexibility index (Phi) is 6.19. The Morgan fingerprint density at radius 1 is 1.29 bits per heavy atom. The first-order chi connectivity index (χ1) is 9.39. The molecule has 0 aliphatic carbocycles. The molecule has 0 saturated carbocycles. The highest BCUT2D eigenvalue weighted by Crippen LogP contribution is 2.15. The zero-order chi connectivity index (χ0) is 14.8. The highest BCUT2D eigenvalue weighted by Gasteiger charge is 2.23. The summed E-state index contributed by atoms with van der Waals surface area (Å²) in [7, 11) is -1.42. The normalized spacial score (nSPS) is 18.7. The van der Waals surface area contributed by atoms with E-state index < -0.39 is 9.84 Å². The van der Waals surface area contributed by atoms with Crippen LogP contribution in [0, 0.1) is 0 Å². The summed E-state index contributed by atoms with van der Waals surface area (Å²) >= 11 is 0. The monoisotopic (exact) mass is 332 g/mol. The van der Waals surface area contributed by atoms with Crippen LogP contribution in [0.4, 0.5) is 0 Å². The lowest BCUT2D eigenvalue weighted by atomic mass is 10.1. The predicted molar refractivity (Wildman–Crippen MR) is 84.8 cm³/mol. The van der Waals surface area contributed by atoms with E-state index in [1.54, 1.807) is 24.1 Å². The molecule has 0 bridgehead atoms. The number of carbonyl (C=O) groups excluding carboxylic acids is 1. The van der Waals surface area contributed by atoms with Gasteiger partial charge in [0.05, 0.1) is 4.90 Å². The number of likely N-dealkylation sites (N-methyl/N-ethyl adjacent to an activating group) is 1. The molecular formula is C14H21ClN2O3S. The Hall–Kier alpha value is -1.11. The first-order valence-corrected chi connectivity index (χ1v) is 8.57. The number of hydrogen-bond acceptors (Lipinski definition) is 4. The summed E-state index contributed by atoms with van der Waals surface area (Å²) in [5.74, 6) is -0.0706. The van der Waals surface area contributed by atoms with Crippen molar-refractivity contribution in [1.29, 1.82) is 0 Å².